The van der Waals surface area contributed by atoms with Crippen molar-refractivity contribution in [3.8, 4) is 17.0 Å². The van der Waals surface area contributed by atoms with Gasteiger partial charge in [0.2, 0.25) is 0 Å². The zero-order chi connectivity index (χ0) is 32.8. The van der Waals surface area contributed by atoms with Gasteiger partial charge in [-0.1, -0.05) is 41.9 Å². The van der Waals surface area contributed by atoms with E-state index in [0.717, 1.165) is 84.7 Å². The highest BCUT2D eigenvalue weighted by molar-refractivity contribution is 7.98. The summed E-state index contributed by atoms with van der Waals surface area (Å²) in [5, 5.41) is 13.6. The van der Waals surface area contributed by atoms with Crippen LogP contribution in [0.2, 0.25) is 5.02 Å². The van der Waals surface area contributed by atoms with E-state index < -0.39 is 0 Å². The average molecular weight is 668 g/mol. The third kappa shape index (κ3) is 5.69. The lowest BCUT2D eigenvalue weighted by Crippen LogP contribution is -2.11. The zero-order valence-corrected chi connectivity index (χ0v) is 29.0. The molecule has 0 spiro atoms. The van der Waals surface area contributed by atoms with E-state index in [2.05, 4.69) is 48.0 Å². The number of rotatable bonds is 1. The van der Waals surface area contributed by atoms with Crippen LogP contribution in [0, 0.1) is 13.8 Å². The van der Waals surface area contributed by atoms with E-state index in [0.29, 0.717) is 36.7 Å². The monoisotopic (exact) mass is 667 g/mol. The van der Waals surface area contributed by atoms with Crippen molar-refractivity contribution in [2.45, 2.75) is 56.7 Å². The standard InChI is InChI=1S/C37H38ClN5O3S/c1-22-23(2)39-43-16-8-11-25-19-26(42(4)40-25)21-47-27-18-24-10-6-7-12-28(24)32(20-27)46-17-9-13-29-30-14-15-31(38)33(34(22)43)35(30)41(3)36(29)37(44)45-5/h6-7,10,12,14-15,18-20H,8-9,11,13,16-17,21H2,1-5H3. The summed E-state index contributed by atoms with van der Waals surface area (Å²) in [5.41, 5.74) is 8.48. The predicted molar refractivity (Wildman–Crippen MR) is 189 cm³/mol. The molecule has 3 aromatic heterocycles. The Bertz CT molecular complexity index is 2160. The summed E-state index contributed by atoms with van der Waals surface area (Å²) >= 11 is 8.83. The van der Waals surface area contributed by atoms with Crippen molar-refractivity contribution in [1.82, 2.24) is 24.1 Å². The van der Waals surface area contributed by atoms with Gasteiger partial charge in [0, 0.05) is 53.3 Å². The van der Waals surface area contributed by atoms with Crippen LogP contribution in [0.15, 0.2) is 59.5 Å². The number of thioether (sulfide) groups is 1. The van der Waals surface area contributed by atoms with Crippen molar-refractivity contribution in [2.75, 3.05) is 13.7 Å². The maximum atomic E-state index is 13.3. The summed E-state index contributed by atoms with van der Waals surface area (Å²) in [4.78, 5) is 14.5. The second-order valence-corrected chi connectivity index (χ2v) is 13.7. The predicted octanol–water partition coefficient (Wildman–Crippen LogP) is 8.24. The van der Waals surface area contributed by atoms with Crippen molar-refractivity contribution in [3.05, 3.63) is 93.5 Å². The number of carbonyl (C=O) groups is 1. The molecule has 4 heterocycles. The molecular formula is C37H38ClN5O3S. The first-order valence-electron chi connectivity index (χ1n) is 16.0. The van der Waals surface area contributed by atoms with Crippen LogP contribution in [-0.4, -0.2) is 43.8 Å². The molecule has 0 radical (unpaired) electrons. The topological polar surface area (TPSA) is 76.1 Å². The molecule has 6 aromatic rings. The van der Waals surface area contributed by atoms with Crippen molar-refractivity contribution in [3.63, 3.8) is 0 Å². The number of ether oxygens (including phenoxy) is 2. The van der Waals surface area contributed by atoms with Gasteiger partial charge in [-0.15, -0.1) is 11.8 Å². The van der Waals surface area contributed by atoms with Gasteiger partial charge in [-0.3, -0.25) is 9.36 Å². The van der Waals surface area contributed by atoms with E-state index in [1.807, 2.05) is 48.5 Å². The molecule has 242 valence electrons. The molecule has 0 saturated carbocycles. The van der Waals surface area contributed by atoms with E-state index in [-0.39, 0.29) is 5.97 Å². The Morgan fingerprint density at radius 1 is 1.00 bits per heavy atom. The quantitative estimate of drug-likeness (QED) is 0.165. The summed E-state index contributed by atoms with van der Waals surface area (Å²) in [6.45, 7) is 5.32. The van der Waals surface area contributed by atoms with Gasteiger partial charge in [0.15, 0.2) is 0 Å². The number of nitrogens with zero attached hydrogens (tertiary/aromatic N) is 5. The van der Waals surface area contributed by atoms with Crippen molar-refractivity contribution >= 4 is 51.0 Å². The number of aromatic nitrogens is 5. The second kappa shape index (κ2) is 12.8. The largest absolute Gasteiger partial charge is 0.493 e. The fourth-order valence-corrected chi connectivity index (χ4v) is 8.09. The molecule has 1 aliphatic rings. The first-order chi connectivity index (χ1) is 22.7. The Morgan fingerprint density at radius 2 is 1.83 bits per heavy atom. The molecule has 10 heteroatoms. The maximum absolute atomic E-state index is 13.3. The van der Waals surface area contributed by atoms with E-state index in [9.17, 15) is 4.79 Å². The fourth-order valence-electron chi connectivity index (χ4n) is 6.86. The number of halogens is 1. The van der Waals surface area contributed by atoms with Crippen LogP contribution >= 0.6 is 23.4 Å². The molecule has 1 aliphatic heterocycles. The lowest BCUT2D eigenvalue weighted by Gasteiger charge is -2.13. The minimum atomic E-state index is -0.372. The molecule has 47 heavy (non-hydrogen) atoms. The molecule has 0 saturated heterocycles. The molecule has 8 nitrogen and oxygen atoms in total. The molecule has 0 unspecified atom stereocenters. The highest BCUT2D eigenvalue weighted by Crippen LogP contribution is 2.41. The Labute approximate surface area is 283 Å². The second-order valence-electron chi connectivity index (χ2n) is 12.2. The molecular weight excluding hydrogens is 630 g/mol. The third-order valence-electron chi connectivity index (χ3n) is 9.29. The van der Waals surface area contributed by atoms with Gasteiger partial charge in [0.05, 0.1) is 41.3 Å². The van der Waals surface area contributed by atoms with Crippen LogP contribution < -0.4 is 4.74 Å². The highest BCUT2D eigenvalue weighted by Gasteiger charge is 2.27. The van der Waals surface area contributed by atoms with E-state index in [1.165, 1.54) is 12.8 Å². The molecule has 3 aromatic carbocycles. The van der Waals surface area contributed by atoms with Crippen LogP contribution in [0.1, 0.15) is 51.5 Å². The van der Waals surface area contributed by atoms with E-state index in [4.69, 9.17) is 31.3 Å². The molecule has 0 aliphatic carbocycles. The number of hydrogen-bond acceptors (Lipinski definition) is 6. The van der Waals surface area contributed by atoms with Crippen molar-refractivity contribution in [2.24, 2.45) is 14.1 Å². The third-order valence-corrected chi connectivity index (χ3v) is 10.6. The number of fused-ring (bicyclic) bond motifs is 8. The van der Waals surface area contributed by atoms with Gasteiger partial charge in [0.1, 0.15) is 11.4 Å². The zero-order valence-electron chi connectivity index (χ0n) is 27.4. The number of aryl methyl sites for hydroxylation is 6. The van der Waals surface area contributed by atoms with Crippen molar-refractivity contribution < 1.29 is 14.3 Å². The first-order valence-corrected chi connectivity index (χ1v) is 17.3. The van der Waals surface area contributed by atoms with Crippen LogP contribution in [0.4, 0.5) is 0 Å². The van der Waals surface area contributed by atoms with E-state index >= 15 is 0 Å². The summed E-state index contributed by atoms with van der Waals surface area (Å²) in [6, 6.07) is 18.9. The first kappa shape index (κ1) is 31.4. The minimum Gasteiger partial charge on any atom is -0.493 e. The number of methoxy groups -OCH3 is 1. The van der Waals surface area contributed by atoms with Crippen LogP contribution in [0.5, 0.6) is 5.75 Å². The maximum Gasteiger partial charge on any atom is 0.354 e. The SMILES string of the molecule is COC(=O)c1c2c3ccc(Cl)c(c3n1C)-c1c(C)c(C)nn1CCCc1cc(n(C)n1)CSc1cc(c3ccccc3c1)OCCC2. The lowest BCUT2D eigenvalue weighted by molar-refractivity contribution is 0.0589. The summed E-state index contributed by atoms with van der Waals surface area (Å²) in [7, 11) is 5.37. The number of hydrogen-bond donors (Lipinski definition) is 0. The van der Waals surface area contributed by atoms with Crippen LogP contribution in [-0.2, 0) is 44.0 Å². The molecule has 8 bridgehead atoms. The number of benzene rings is 3. The Kier molecular flexibility index (Phi) is 8.53. The van der Waals surface area contributed by atoms with Gasteiger partial charge in [-0.05, 0) is 80.3 Å². The smallest absolute Gasteiger partial charge is 0.354 e. The van der Waals surface area contributed by atoms with Gasteiger partial charge in [-0.25, -0.2) is 4.79 Å². The van der Waals surface area contributed by atoms with Crippen LogP contribution in [0.3, 0.4) is 0 Å². The lowest BCUT2D eigenvalue weighted by atomic mass is 10.00. The molecule has 0 fully saturated rings. The Balaban J connectivity index is 1.37. The van der Waals surface area contributed by atoms with Gasteiger partial charge in [-0.2, -0.15) is 10.2 Å². The van der Waals surface area contributed by atoms with Gasteiger partial charge >= 0.3 is 5.97 Å². The molecule has 0 atom stereocenters. The minimum absolute atomic E-state index is 0.372. The van der Waals surface area contributed by atoms with Crippen LogP contribution in [0.25, 0.3) is 32.9 Å². The highest BCUT2D eigenvalue weighted by atomic mass is 35.5. The summed E-state index contributed by atoms with van der Waals surface area (Å²) in [5.74, 6) is 1.29. The van der Waals surface area contributed by atoms with Crippen molar-refractivity contribution in [1.29, 1.82) is 0 Å². The number of esters is 1. The molecule has 7 rings (SSSR count). The fraction of sp³-hybridized carbons (Fsp3) is 0.324. The number of carbonyl (C=O) groups excluding carboxylic acids is 1. The molecule has 0 amide bonds. The summed E-state index contributed by atoms with van der Waals surface area (Å²) in [6.07, 6.45) is 3.03. The Hall–Kier alpha value is -4.21. The normalized spacial score (nSPS) is 14.2. The van der Waals surface area contributed by atoms with Gasteiger partial charge in [0.25, 0.3) is 0 Å². The van der Waals surface area contributed by atoms with E-state index in [1.54, 1.807) is 11.8 Å². The Morgan fingerprint density at radius 3 is 2.66 bits per heavy atom. The van der Waals surface area contributed by atoms with Gasteiger partial charge < -0.3 is 14.0 Å². The molecule has 0 N–H and O–H groups in total. The summed E-state index contributed by atoms with van der Waals surface area (Å²) < 4.78 is 17.8. The average Bonchev–Trinajstić information content (AvgIpc) is 3.66.